The summed E-state index contributed by atoms with van der Waals surface area (Å²) in [6.07, 6.45) is -1.24. The van der Waals surface area contributed by atoms with E-state index >= 15 is 0 Å². The van der Waals surface area contributed by atoms with Crippen molar-refractivity contribution >= 4 is 17.5 Å². The smallest absolute Gasteiger partial charge is 0.251 e. The molecule has 2 N–H and O–H groups in total. The highest BCUT2D eigenvalue weighted by Crippen LogP contribution is 2.27. The molecule has 2 saturated heterocycles. The number of fused-ring (bicyclic) bond motifs is 1. The third-order valence-corrected chi connectivity index (χ3v) is 3.87. The van der Waals surface area contributed by atoms with Gasteiger partial charge in [0.2, 0.25) is 0 Å². The Morgan fingerprint density at radius 1 is 1.30 bits per heavy atom. The second kappa shape index (κ2) is 5.33. The summed E-state index contributed by atoms with van der Waals surface area (Å²) in [5, 5.41) is 13.1. The van der Waals surface area contributed by atoms with E-state index in [9.17, 15) is 9.90 Å². The molecule has 2 heterocycles. The van der Waals surface area contributed by atoms with Crippen LogP contribution < -0.4 is 5.32 Å². The molecule has 0 unspecified atom stereocenters. The number of carbonyl (C=O) groups is 1. The molecule has 1 amide bonds. The summed E-state index contributed by atoms with van der Waals surface area (Å²) in [6.45, 7) is 2.48. The van der Waals surface area contributed by atoms with Crippen LogP contribution in [0.2, 0.25) is 5.02 Å². The van der Waals surface area contributed by atoms with Gasteiger partial charge in [0.15, 0.2) is 0 Å². The van der Waals surface area contributed by atoms with Gasteiger partial charge in [-0.3, -0.25) is 4.79 Å². The number of aryl methyl sites for hydroxylation is 1. The van der Waals surface area contributed by atoms with Crippen molar-refractivity contribution in [3.63, 3.8) is 0 Å². The van der Waals surface area contributed by atoms with Crippen LogP contribution in [0.4, 0.5) is 0 Å². The minimum atomic E-state index is -0.615. The Labute approximate surface area is 121 Å². The minimum absolute atomic E-state index is 0.213. The summed E-state index contributed by atoms with van der Waals surface area (Å²) in [7, 11) is 0. The number of halogens is 1. The largest absolute Gasteiger partial charge is 0.388 e. The molecule has 1 aromatic rings. The van der Waals surface area contributed by atoms with E-state index in [1.54, 1.807) is 18.2 Å². The zero-order valence-electron chi connectivity index (χ0n) is 11.0. The average Bonchev–Trinajstić information content (AvgIpc) is 2.93. The lowest BCUT2D eigenvalue weighted by atomic mass is 10.1. The number of benzene rings is 1. The summed E-state index contributed by atoms with van der Waals surface area (Å²) < 4.78 is 10.9. The average molecular weight is 298 g/mol. The highest BCUT2D eigenvalue weighted by Gasteiger charge is 2.47. The zero-order chi connectivity index (χ0) is 14.3. The van der Waals surface area contributed by atoms with Crippen molar-refractivity contribution < 1.29 is 19.4 Å². The van der Waals surface area contributed by atoms with Gasteiger partial charge in [-0.1, -0.05) is 11.6 Å². The number of rotatable bonds is 2. The van der Waals surface area contributed by atoms with Crippen LogP contribution in [0.15, 0.2) is 18.2 Å². The first-order valence-corrected chi connectivity index (χ1v) is 6.92. The van der Waals surface area contributed by atoms with Gasteiger partial charge in [-0.25, -0.2) is 0 Å². The zero-order valence-corrected chi connectivity index (χ0v) is 11.8. The van der Waals surface area contributed by atoms with Crippen LogP contribution >= 0.6 is 11.6 Å². The molecule has 108 valence electrons. The fraction of sp³-hybridized carbons (Fsp3) is 0.500. The highest BCUT2D eigenvalue weighted by molar-refractivity contribution is 6.31. The van der Waals surface area contributed by atoms with Gasteiger partial charge in [-0.05, 0) is 30.7 Å². The normalized spacial score (nSPS) is 32.1. The SMILES string of the molecule is Cc1cc(Cl)cc(C(=O)N[C@@H]2CO[C@H]3[C@@H]2OC[C@H]3O)c1. The number of aliphatic hydroxyl groups is 1. The number of hydrogen-bond acceptors (Lipinski definition) is 4. The first-order valence-electron chi connectivity index (χ1n) is 6.54. The van der Waals surface area contributed by atoms with Gasteiger partial charge in [0, 0.05) is 10.6 Å². The van der Waals surface area contributed by atoms with Crippen LogP contribution in [0, 0.1) is 6.92 Å². The van der Waals surface area contributed by atoms with Gasteiger partial charge in [-0.15, -0.1) is 0 Å². The number of aliphatic hydroxyl groups excluding tert-OH is 1. The monoisotopic (exact) mass is 297 g/mol. The maximum absolute atomic E-state index is 12.2. The fourth-order valence-corrected chi connectivity index (χ4v) is 3.01. The topological polar surface area (TPSA) is 67.8 Å². The van der Waals surface area contributed by atoms with E-state index < -0.39 is 6.10 Å². The van der Waals surface area contributed by atoms with Gasteiger partial charge in [-0.2, -0.15) is 0 Å². The van der Waals surface area contributed by atoms with Gasteiger partial charge in [0.1, 0.15) is 18.3 Å². The predicted octanol–water partition coefficient (Wildman–Crippen LogP) is 0.905. The summed E-state index contributed by atoms with van der Waals surface area (Å²) >= 11 is 5.96. The Bertz CT molecular complexity index is 516. The van der Waals surface area contributed by atoms with Crippen molar-refractivity contribution in [1.29, 1.82) is 0 Å². The second-order valence-electron chi connectivity index (χ2n) is 5.26. The summed E-state index contributed by atoms with van der Waals surface area (Å²) in [5.41, 5.74) is 1.44. The van der Waals surface area contributed by atoms with Crippen molar-refractivity contribution in [2.75, 3.05) is 13.2 Å². The van der Waals surface area contributed by atoms with E-state index in [2.05, 4.69) is 5.32 Å². The van der Waals surface area contributed by atoms with E-state index in [1.807, 2.05) is 6.92 Å². The minimum Gasteiger partial charge on any atom is -0.388 e. The van der Waals surface area contributed by atoms with E-state index in [-0.39, 0.29) is 30.8 Å². The molecular weight excluding hydrogens is 282 g/mol. The first kappa shape index (κ1) is 13.8. The predicted molar refractivity (Wildman–Crippen MR) is 72.9 cm³/mol. The van der Waals surface area contributed by atoms with E-state index in [0.717, 1.165) is 5.56 Å². The third-order valence-electron chi connectivity index (χ3n) is 3.65. The Kier molecular flexibility index (Phi) is 3.69. The Hall–Kier alpha value is -1.14. The van der Waals surface area contributed by atoms with Crippen LogP contribution in [0.5, 0.6) is 0 Å². The lowest BCUT2D eigenvalue weighted by Gasteiger charge is -2.17. The van der Waals surface area contributed by atoms with Crippen molar-refractivity contribution in [3.8, 4) is 0 Å². The number of hydrogen-bond donors (Lipinski definition) is 2. The molecule has 4 atom stereocenters. The lowest BCUT2D eigenvalue weighted by Crippen LogP contribution is -2.44. The number of nitrogens with one attached hydrogen (secondary N) is 1. The van der Waals surface area contributed by atoms with Gasteiger partial charge in [0.05, 0.1) is 19.3 Å². The molecule has 2 aliphatic rings. The lowest BCUT2D eigenvalue weighted by molar-refractivity contribution is 0.0178. The van der Waals surface area contributed by atoms with E-state index in [4.69, 9.17) is 21.1 Å². The molecule has 1 aromatic carbocycles. The number of amides is 1. The standard InChI is InChI=1S/C14H16ClNO4/c1-7-2-8(4-9(15)3-7)14(18)16-10-5-19-13-11(17)6-20-12(10)13/h2-4,10-13,17H,5-6H2,1H3,(H,16,18)/t10-,11-,12-,13-/m1/s1. The quantitative estimate of drug-likeness (QED) is 0.851. The molecule has 5 nitrogen and oxygen atoms in total. The number of carbonyl (C=O) groups excluding carboxylic acids is 1. The molecule has 2 fully saturated rings. The van der Waals surface area contributed by atoms with Gasteiger partial charge < -0.3 is 19.9 Å². The molecule has 0 bridgehead atoms. The molecule has 3 rings (SSSR count). The van der Waals surface area contributed by atoms with E-state index in [0.29, 0.717) is 17.2 Å². The third kappa shape index (κ3) is 2.54. The summed E-state index contributed by atoms with van der Waals surface area (Å²) in [6, 6.07) is 4.95. The van der Waals surface area contributed by atoms with Gasteiger partial charge >= 0.3 is 0 Å². The van der Waals surface area contributed by atoms with Crippen LogP contribution in [-0.4, -0.2) is 48.6 Å². The summed E-state index contributed by atoms with van der Waals surface area (Å²) in [4.78, 5) is 12.2. The molecule has 2 aliphatic heterocycles. The van der Waals surface area contributed by atoms with Crippen molar-refractivity contribution in [3.05, 3.63) is 34.3 Å². The van der Waals surface area contributed by atoms with Crippen LogP contribution in [0.3, 0.4) is 0 Å². The Morgan fingerprint density at radius 2 is 2.05 bits per heavy atom. The van der Waals surface area contributed by atoms with Crippen molar-refractivity contribution in [2.45, 2.75) is 31.3 Å². The van der Waals surface area contributed by atoms with E-state index in [1.165, 1.54) is 0 Å². The molecule has 0 aliphatic carbocycles. The molecular formula is C14H16ClNO4. The van der Waals surface area contributed by atoms with Crippen molar-refractivity contribution in [2.24, 2.45) is 0 Å². The fourth-order valence-electron chi connectivity index (χ4n) is 2.72. The Balaban J connectivity index is 1.70. The highest BCUT2D eigenvalue weighted by atomic mass is 35.5. The Morgan fingerprint density at radius 3 is 2.80 bits per heavy atom. The molecule has 6 heteroatoms. The van der Waals surface area contributed by atoms with Crippen LogP contribution in [0.25, 0.3) is 0 Å². The molecule has 0 saturated carbocycles. The molecule has 20 heavy (non-hydrogen) atoms. The maximum Gasteiger partial charge on any atom is 0.251 e. The summed E-state index contributed by atoms with van der Waals surface area (Å²) in [5.74, 6) is -0.213. The molecule has 0 spiro atoms. The maximum atomic E-state index is 12.2. The van der Waals surface area contributed by atoms with Crippen LogP contribution in [0.1, 0.15) is 15.9 Å². The van der Waals surface area contributed by atoms with Crippen LogP contribution in [-0.2, 0) is 9.47 Å². The first-order chi connectivity index (χ1) is 9.54. The second-order valence-corrected chi connectivity index (χ2v) is 5.70. The van der Waals surface area contributed by atoms with Crippen molar-refractivity contribution in [1.82, 2.24) is 5.32 Å². The molecule has 0 radical (unpaired) electrons. The number of ether oxygens (including phenoxy) is 2. The molecule has 0 aromatic heterocycles. The van der Waals surface area contributed by atoms with Gasteiger partial charge in [0.25, 0.3) is 5.91 Å².